The predicted octanol–water partition coefficient (Wildman–Crippen LogP) is -3.30. The van der Waals surface area contributed by atoms with Crippen molar-refractivity contribution in [3.63, 3.8) is 0 Å². The van der Waals surface area contributed by atoms with Gasteiger partial charge in [-0.3, -0.25) is 13.4 Å². The molecule has 0 aliphatic carbocycles. The van der Waals surface area contributed by atoms with Gasteiger partial charge in [-0.15, -0.1) is 0 Å². The van der Waals surface area contributed by atoms with Crippen molar-refractivity contribution in [2.45, 2.75) is 31.2 Å². The highest BCUT2D eigenvalue weighted by molar-refractivity contribution is 7.64. The summed E-state index contributed by atoms with van der Waals surface area (Å²) in [4.78, 5) is 42.6. The fourth-order valence-corrected chi connectivity index (χ4v) is 4.76. The average Bonchev–Trinajstić information content (AvgIpc) is 2.57. The van der Waals surface area contributed by atoms with Gasteiger partial charge in [0.2, 0.25) is 0 Å². The lowest BCUT2D eigenvalue weighted by Gasteiger charge is -2.38. The fraction of sp³-hybridized carbons (Fsp3) is 1.00. The molecule has 5 atom stereocenters. The summed E-state index contributed by atoms with van der Waals surface area (Å²) in [5.74, 6) is 0. The minimum atomic E-state index is -6.07. The number of phosphoric acid groups is 3. The fourth-order valence-electron chi connectivity index (χ4n) is 1.85. The van der Waals surface area contributed by atoms with E-state index in [4.69, 9.17) is 4.74 Å². The van der Waals surface area contributed by atoms with Crippen molar-refractivity contribution in [1.29, 1.82) is 0 Å². The third-order valence-corrected chi connectivity index (χ3v) is 6.38. The molecule has 0 amide bonds. The Morgan fingerprint density at radius 3 is 2.13 bits per heavy atom. The smallest absolute Gasteiger partial charge is 0.278 e. The van der Waals surface area contributed by atoms with Gasteiger partial charge in [-0.05, 0) is 6.92 Å². The molecule has 13 nitrogen and oxygen atoms in total. The molecule has 2 N–H and O–H groups in total. The first-order valence-corrected chi connectivity index (χ1v) is 10.3. The van der Waals surface area contributed by atoms with Crippen molar-refractivity contribution in [3.8, 4) is 0 Å². The monoisotopic (exact) mass is 398 g/mol. The molecular formula is C7H13O13P3-4. The molecule has 1 fully saturated rings. The summed E-state index contributed by atoms with van der Waals surface area (Å²) < 4.78 is 48.1. The van der Waals surface area contributed by atoms with Crippen molar-refractivity contribution in [1.82, 2.24) is 0 Å². The van der Waals surface area contributed by atoms with Crippen molar-refractivity contribution < 1.29 is 61.4 Å². The van der Waals surface area contributed by atoms with Gasteiger partial charge in [0.05, 0.1) is 33.2 Å². The van der Waals surface area contributed by atoms with Crippen LogP contribution in [0.1, 0.15) is 13.3 Å². The normalized spacial score (nSPS) is 34.0. The molecule has 3 unspecified atom stereocenters. The van der Waals surface area contributed by atoms with Gasteiger partial charge in [-0.25, -0.2) is 4.31 Å². The van der Waals surface area contributed by atoms with E-state index in [2.05, 4.69) is 13.1 Å². The predicted molar refractivity (Wildman–Crippen MR) is 61.9 cm³/mol. The Hall–Kier alpha value is 0.290. The topological polar surface area (TPSA) is 221 Å². The Labute approximate surface area is 130 Å². The van der Waals surface area contributed by atoms with Crippen LogP contribution in [0.2, 0.25) is 0 Å². The summed E-state index contributed by atoms with van der Waals surface area (Å²) in [7, 11) is -17.8. The van der Waals surface area contributed by atoms with Crippen LogP contribution in [-0.2, 0) is 31.6 Å². The zero-order valence-corrected chi connectivity index (χ0v) is 14.2. The molecule has 1 heterocycles. The lowest BCUT2D eigenvalue weighted by atomic mass is 9.99. The summed E-state index contributed by atoms with van der Waals surface area (Å²) in [6.07, 6.45) is -1.82. The molecule has 0 aromatic rings. The summed E-state index contributed by atoms with van der Waals surface area (Å²) in [5.41, 5.74) is -1.84. The Kier molecular flexibility index (Phi) is 6.74. The van der Waals surface area contributed by atoms with E-state index in [1.807, 2.05) is 0 Å². The second-order valence-electron chi connectivity index (χ2n) is 4.68. The van der Waals surface area contributed by atoms with Gasteiger partial charge >= 0.3 is 0 Å². The van der Waals surface area contributed by atoms with Crippen LogP contribution >= 0.6 is 23.5 Å². The molecule has 1 saturated heterocycles. The second kappa shape index (κ2) is 7.27. The molecule has 0 aromatic carbocycles. The van der Waals surface area contributed by atoms with E-state index in [1.165, 1.54) is 6.92 Å². The summed E-state index contributed by atoms with van der Waals surface area (Å²) in [6, 6.07) is 0. The Bertz CT molecular complexity index is 558. The van der Waals surface area contributed by atoms with Crippen molar-refractivity contribution in [3.05, 3.63) is 0 Å². The largest absolute Gasteiger partial charge is 0.790 e. The highest BCUT2D eigenvalue weighted by atomic mass is 31.3. The van der Waals surface area contributed by atoms with Crippen LogP contribution < -0.4 is 19.6 Å². The lowest BCUT2D eigenvalue weighted by molar-refractivity contribution is -0.339. The molecule has 0 bridgehead atoms. The van der Waals surface area contributed by atoms with Crippen LogP contribution in [-0.4, -0.2) is 41.2 Å². The van der Waals surface area contributed by atoms with Crippen LogP contribution in [0.25, 0.3) is 0 Å². The van der Waals surface area contributed by atoms with E-state index in [0.29, 0.717) is 0 Å². The van der Waals surface area contributed by atoms with Crippen molar-refractivity contribution in [2.24, 2.45) is 0 Å². The second-order valence-corrected chi connectivity index (χ2v) is 8.93. The standard InChI is InChI=1S/C7H17O13P3/c1-5-2-6(9)7(3-8,18-5)4-17-22(13,14)20-23(15,16)19-21(10,11)12/h5-6,8-9H,2-4H2,1H3,(H,13,14)(H,15,16)(H2,10,11,12)/p-4/t5-,6?,7+/m0/s1. The minimum absolute atomic E-state index is 0.0483. The van der Waals surface area contributed by atoms with E-state index >= 15 is 0 Å². The van der Waals surface area contributed by atoms with E-state index in [9.17, 15) is 43.5 Å². The van der Waals surface area contributed by atoms with Gasteiger partial charge in [0.1, 0.15) is 5.60 Å². The number of hydrogen-bond acceptors (Lipinski definition) is 13. The van der Waals surface area contributed by atoms with Crippen molar-refractivity contribution >= 4 is 23.5 Å². The quantitative estimate of drug-likeness (QED) is 0.383. The molecule has 1 aliphatic rings. The molecule has 16 heteroatoms. The van der Waals surface area contributed by atoms with Gasteiger partial charge in [0.15, 0.2) is 0 Å². The van der Waals surface area contributed by atoms with Gasteiger partial charge in [-0.1, -0.05) is 0 Å². The maximum atomic E-state index is 11.4. The first-order chi connectivity index (χ1) is 10.2. The number of aliphatic hydroxyl groups is 2. The van der Waals surface area contributed by atoms with Crippen molar-refractivity contribution in [2.75, 3.05) is 13.2 Å². The van der Waals surface area contributed by atoms with E-state index < -0.39 is 54.5 Å². The number of aliphatic hydroxyl groups excluding tert-OH is 2. The van der Waals surface area contributed by atoms with Crippen LogP contribution in [0, 0.1) is 0 Å². The van der Waals surface area contributed by atoms with Crippen LogP contribution in [0.4, 0.5) is 0 Å². The van der Waals surface area contributed by atoms with Crippen LogP contribution in [0.3, 0.4) is 0 Å². The molecular weight excluding hydrogens is 385 g/mol. The summed E-state index contributed by atoms with van der Waals surface area (Å²) >= 11 is 0. The molecule has 23 heavy (non-hydrogen) atoms. The number of rotatable bonds is 8. The van der Waals surface area contributed by atoms with Gasteiger partial charge in [-0.2, -0.15) is 0 Å². The SMILES string of the molecule is C[C@H]1CC(O)[C@@](CO)(COP(=O)([O-])OP(=O)([O-])OP(=O)([O-])[O-])O1. The number of hydrogen-bond donors (Lipinski definition) is 2. The first-order valence-electron chi connectivity index (χ1n) is 5.88. The van der Waals surface area contributed by atoms with E-state index in [-0.39, 0.29) is 6.42 Å². The van der Waals surface area contributed by atoms with E-state index in [0.717, 1.165) is 0 Å². The molecule has 138 valence electrons. The average molecular weight is 398 g/mol. The zero-order valence-electron chi connectivity index (χ0n) is 11.5. The minimum Gasteiger partial charge on any atom is -0.790 e. The third kappa shape index (κ3) is 6.60. The number of phosphoric ester groups is 1. The summed E-state index contributed by atoms with van der Waals surface area (Å²) in [6.45, 7) is -0.365. The highest BCUT2D eigenvalue weighted by Crippen LogP contribution is 2.60. The Morgan fingerprint density at radius 2 is 1.74 bits per heavy atom. The molecule has 0 saturated carbocycles. The zero-order chi connectivity index (χ0) is 18.1. The van der Waals surface area contributed by atoms with Crippen LogP contribution in [0.5, 0.6) is 0 Å². The Morgan fingerprint density at radius 1 is 1.17 bits per heavy atom. The van der Waals surface area contributed by atoms with Gasteiger partial charge in [0, 0.05) is 6.42 Å². The van der Waals surface area contributed by atoms with Crippen LogP contribution in [0.15, 0.2) is 0 Å². The Balaban J connectivity index is 2.74. The van der Waals surface area contributed by atoms with Gasteiger partial charge < -0.3 is 43.6 Å². The maximum absolute atomic E-state index is 11.4. The lowest BCUT2D eigenvalue weighted by Crippen LogP contribution is -2.47. The van der Waals surface area contributed by atoms with E-state index in [1.54, 1.807) is 0 Å². The number of ether oxygens (including phenoxy) is 1. The third-order valence-electron chi connectivity index (χ3n) is 2.73. The summed E-state index contributed by atoms with van der Waals surface area (Å²) in [5, 5.41) is 19.0. The highest BCUT2D eigenvalue weighted by Gasteiger charge is 2.47. The molecule has 0 radical (unpaired) electrons. The molecule has 1 rings (SSSR count). The maximum Gasteiger partial charge on any atom is 0.278 e. The molecule has 0 aromatic heterocycles. The first kappa shape index (κ1) is 21.3. The molecule has 0 spiro atoms. The van der Waals surface area contributed by atoms with Gasteiger partial charge in [0.25, 0.3) is 15.6 Å². The molecule has 1 aliphatic heterocycles.